The molecule has 0 saturated carbocycles. The van der Waals surface area contributed by atoms with Gasteiger partial charge in [-0.15, -0.1) is 0 Å². The van der Waals surface area contributed by atoms with Crippen molar-refractivity contribution < 1.29 is 18.7 Å². The van der Waals surface area contributed by atoms with Crippen molar-refractivity contribution in [1.82, 2.24) is 9.55 Å². The van der Waals surface area contributed by atoms with E-state index in [1.807, 2.05) is 6.92 Å². The van der Waals surface area contributed by atoms with E-state index >= 15 is 0 Å². The molecule has 108 valence electrons. The zero-order valence-electron chi connectivity index (χ0n) is 11.6. The molecule has 1 aromatic heterocycles. The van der Waals surface area contributed by atoms with Gasteiger partial charge in [-0.25, -0.2) is 18.6 Å². The molecule has 4 nitrogen and oxygen atoms in total. The standard InChI is InChI=1S/C14H16F2N2O2/c1-4-5-12-17-10-6-8(15)9(16)7-11(10)18(12)14(2,3)13(19)20/h6-7H,4-5H2,1-3H3,(H,19,20). The van der Waals surface area contributed by atoms with Gasteiger partial charge in [0.05, 0.1) is 11.0 Å². The second-order valence-corrected chi connectivity index (χ2v) is 5.23. The number of aryl methyl sites for hydroxylation is 1. The van der Waals surface area contributed by atoms with Gasteiger partial charge >= 0.3 is 5.97 Å². The fourth-order valence-electron chi connectivity index (χ4n) is 2.23. The van der Waals surface area contributed by atoms with Crippen molar-refractivity contribution in [2.75, 3.05) is 0 Å². The van der Waals surface area contributed by atoms with Gasteiger partial charge < -0.3 is 9.67 Å². The van der Waals surface area contributed by atoms with Gasteiger partial charge in [0.25, 0.3) is 0 Å². The minimum Gasteiger partial charge on any atom is -0.480 e. The van der Waals surface area contributed by atoms with Crippen LogP contribution in [0.1, 0.15) is 33.0 Å². The number of carboxylic acids is 1. The molecule has 1 heterocycles. The van der Waals surface area contributed by atoms with E-state index in [1.165, 1.54) is 18.4 Å². The Kier molecular flexibility index (Phi) is 3.50. The molecule has 6 heteroatoms. The second-order valence-electron chi connectivity index (χ2n) is 5.23. The number of benzene rings is 1. The molecule has 0 aliphatic heterocycles. The van der Waals surface area contributed by atoms with E-state index in [1.54, 1.807) is 0 Å². The Morgan fingerprint density at radius 2 is 1.95 bits per heavy atom. The number of carbonyl (C=O) groups is 1. The minimum absolute atomic E-state index is 0.265. The van der Waals surface area contributed by atoms with Gasteiger partial charge in [0, 0.05) is 18.6 Å². The summed E-state index contributed by atoms with van der Waals surface area (Å²) in [6, 6.07) is 2.00. The van der Waals surface area contributed by atoms with Crippen molar-refractivity contribution in [3.05, 3.63) is 29.6 Å². The summed E-state index contributed by atoms with van der Waals surface area (Å²) >= 11 is 0. The third-order valence-electron chi connectivity index (χ3n) is 3.32. The van der Waals surface area contributed by atoms with Crippen LogP contribution in [0.15, 0.2) is 12.1 Å². The average molecular weight is 282 g/mol. The maximum absolute atomic E-state index is 13.4. The second kappa shape index (κ2) is 4.85. The molecule has 0 aliphatic rings. The molecule has 0 fully saturated rings. The number of imidazole rings is 1. The minimum atomic E-state index is -1.29. The van der Waals surface area contributed by atoms with E-state index in [2.05, 4.69) is 4.98 Å². The number of carboxylic acid groups (broad SMARTS) is 1. The Balaban J connectivity index is 2.81. The van der Waals surface area contributed by atoms with Crippen LogP contribution in [0.5, 0.6) is 0 Å². The van der Waals surface area contributed by atoms with Gasteiger partial charge in [-0.05, 0) is 20.3 Å². The van der Waals surface area contributed by atoms with Crippen LogP contribution in [0.25, 0.3) is 11.0 Å². The highest BCUT2D eigenvalue weighted by molar-refractivity contribution is 5.82. The highest BCUT2D eigenvalue weighted by atomic mass is 19.2. The topological polar surface area (TPSA) is 55.1 Å². The molecular formula is C14H16F2N2O2. The quantitative estimate of drug-likeness (QED) is 0.937. The van der Waals surface area contributed by atoms with Crippen LogP contribution in [0, 0.1) is 11.6 Å². The summed E-state index contributed by atoms with van der Waals surface area (Å²) in [6.45, 7) is 4.95. The number of aromatic nitrogens is 2. The fourth-order valence-corrected chi connectivity index (χ4v) is 2.23. The monoisotopic (exact) mass is 282 g/mol. The lowest BCUT2D eigenvalue weighted by Crippen LogP contribution is -2.36. The largest absolute Gasteiger partial charge is 0.480 e. The van der Waals surface area contributed by atoms with Crippen LogP contribution >= 0.6 is 0 Å². The molecule has 0 spiro atoms. The zero-order chi connectivity index (χ0) is 15.1. The lowest BCUT2D eigenvalue weighted by atomic mass is 10.0. The van der Waals surface area contributed by atoms with Crippen molar-refractivity contribution in [1.29, 1.82) is 0 Å². The SMILES string of the molecule is CCCc1nc2cc(F)c(F)cc2n1C(C)(C)C(=O)O. The van der Waals surface area contributed by atoms with Gasteiger partial charge in [-0.1, -0.05) is 6.92 Å². The summed E-state index contributed by atoms with van der Waals surface area (Å²) in [4.78, 5) is 15.7. The van der Waals surface area contributed by atoms with E-state index in [0.29, 0.717) is 17.8 Å². The summed E-state index contributed by atoms with van der Waals surface area (Å²) in [5.41, 5.74) is -0.731. The van der Waals surface area contributed by atoms with Crippen molar-refractivity contribution in [3.63, 3.8) is 0 Å². The average Bonchev–Trinajstić information content (AvgIpc) is 2.68. The first-order valence-corrected chi connectivity index (χ1v) is 6.39. The Labute approximate surface area is 115 Å². The number of fused-ring (bicyclic) bond motifs is 1. The molecule has 1 aromatic carbocycles. The van der Waals surface area contributed by atoms with Crippen LogP contribution in [-0.2, 0) is 16.8 Å². The molecule has 0 amide bonds. The lowest BCUT2D eigenvalue weighted by molar-refractivity contribution is -0.145. The van der Waals surface area contributed by atoms with Crippen LogP contribution in [0.2, 0.25) is 0 Å². The van der Waals surface area contributed by atoms with E-state index < -0.39 is 23.1 Å². The summed E-state index contributed by atoms with van der Waals surface area (Å²) in [7, 11) is 0. The molecular weight excluding hydrogens is 266 g/mol. The first-order chi connectivity index (χ1) is 9.28. The molecule has 0 bridgehead atoms. The third kappa shape index (κ3) is 2.15. The lowest BCUT2D eigenvalue weighted by Gasteiger charge is -2.24. The number of hydrogen-bond acceptors (Lipinski definition) is 2. The van der Waals surface area contributed by atoms with Gasteiger partial charge in [0.2, 0.25) is 0 Å². The molecule has 2 aromatic rings. The van der Waals surface area contributed by atoms with Crippen molar-refractivity contribution >= 4 is 17.0 Å². The van der Waals surface area contributed by atoms with E-state index in [-0.39, 0.29) is 5.52 Å². The first kappa shape index (κ1) is 14.4. The van der Waals surface area contributed by atoms with Crippen LogP contribution in [0.3, 0.4) is 0 Å². The van der Waals surface area contributed by atoms with Gasteiger partial charge in [-0.3, -0.25) is 0 Å². The Hall–Kier alpha value is -1.98. The first-order valence-electron chi connectivity index (χ1n) is 6.39. The molecule has 0 aliphatic carbocycles. The Morgan fingerprint density at radius 3 is 2.50 bits per heavy atom. The highest BCUT2D eigenvalue weighted by Gasteiger charge is 2.33. The van der Waals surface area contributed by atoms with E-state index in [4.69, 9.17) is 0 Å². The predicted octanol–water partition coefficient (Wildman–Crippen LogP) is 3.09. The number of halogens is 2. The van der Waals surface area contributed by atoms with Crippen molar-refractivity contribution in [2.45, 2.75) is 39.2 Å². The van der Waals surface area contributed by atoms with Gasteiger partial charge in [0.1, 0.15) is 11.4 Å². The molecule has 20 heavy (non-hydrogen) atoms. The number of nitrogens with zero attached hydrogens (tertiary/aromatic N) is 2. The van der Waals surface area contributed by atoms with Crippen LogP contribution in [0.4, 0.5) is 8.78 Å². The smallest absolute Gasteiger partial charge is 0.329 e. The van der Waals surface area contributed by atoms with E-state index in [9.17, 15) is 18.7 Å². The normalized spacial score (nSPS) is 12.1. The molecule has 0 saturated heterocycles. The van der Waals surface area contributed by atoms with Gasteiger partial charge in [-0.2, -0.15) is 0 Å². The molecule has 0 atom stereocenters. The molecule has 0 radical (unpaired) electrons. The zero-order valence-corrected chi connectivity index (χ0v) is 11.6. The van der Waals surface area contributed by atoms with Crippen LogP contribution < -0.4 is 0 Å². The number of rotatable bonds is 4. The van der Waals surface area contributed by atoms with Crippen molar-refractivity contribution in [3.8, 4) is 0 Å². The van der Waals surface area contributed by atoms with Crippen LogP contribution in [-0.4, -0.2) is 20.6 Å². The molecule has 1 N–H and O–H groups in total. The fraction of sp³-hybridized carbons (Fsp3) is 0.429. The van der Waals surface area contributed by atoms with Gasteiger partial charge in [0.15, 0.2) is 11.6 Å². The maximum atomic E-state index is 13.4. The number of aliphatic carboxylic acids is 1. The molecule has 2 rings (SSSR count). The van der Waals surface area contributed by atoms with E-state index in [0.717, 1.165) is 18.6 Å². The Morgan fingerprint density at radius 1 is 1.35 bits per heavy atom. The summed E-state index contributed by atoms with van der Waals surface area (Å²) in [5, 5.41) is 9.37. The summed E-state index contributed by atoms with van der Waals surface area (Å²) in [5.74, 6) is -2.54. The predicted molar refractivity (Wildman–Crippen MR) is 70.6 cm³/mol. The van der Waals surface area contributed by atoms with Crippen molar-refractivity contribution in [2.24, 2.45) is 0 Å². The third-order valence-corrected chi connectivity index (χ3v) is 3.32. The summed E-state index contributed by atoms with van der Waals surface area (Å²) in [6.07, 6.45) is 1.29. The number of hydrogen-bond donors (Lipinski definition) is 1. The summed E-state index contributed by atoms with van der Waals surface area (Å²) < 4.78 is 28.2. The molecule has 0 unspecified atom stereocenters. The highest BCUT2D eigenvalue weighted by Crippen LogP contribution is 2.28. The maximum Gasteiger partial charge on any atom is 0.329 e. The Bertz CT molecular complexity index is 677.